The van der Waals surface area contributed by atoms with Crippen molar-refractivity contribution in [1.29, 1.82) is 0 Å². The first-order chi connectivity index (χ1) is 18.1. The summed E-state index contributed by atoms with van der Waals surface area (Å²) in [4.78, 5) is 0. The molecule has 8 aromatic rings. The van der Waals surface area contributed by atoms with E-state index in [0.29, 0.717) is 0 Å². The summed E-state index contributed by atoms with van der Waals surface area (Å²) in [6.45, 7) is 14.1. The van der Waals surface area contributed by atoms with Gasteiger partial charge in [-0.1, -0.05) is 53.7 Å². The monoisotopic (exact) mass is 526 g/mol. The van der Waals surface area contributed by atoms with Crippen LogP contribution in [0.1, 0.15) is 52.7 Å². The largest absolute Gasteiger partial charge is 0.144 e. The first-order valence-corrected chi connectivity index (χ1v) is 15.3. The minimum atomic E-state index is 0.0492. The maximum absolute atomic E-state index is 2.51. The van der Waals surface area contributed by atoms with Crippen molar-refractivity contribution in [2.75, 3.05) is 0 Å². The van der Waals surface area contributed by atoms with Crippen LogP contribution in [0.3, 0.4) is 0 Å². The normalized spacial score (nSPS) is 13.5. The zero-order chi connectivity index (χ0) is 26.1. The van der Waals surface area contributed by atoms with Crippen molar-refractivity contribution < 1.29 is 0 Å². The zero-order valence-electron chi connectivity index (χ0n) is 22.7. The number of fused-ring (bicyclic) bond motifs is 10. The van der Waals surface area contributed by atoms with Gasteiger partial charge in [0.25, 0.3) is 0 Å². The van der Waals surface area contributed by atoms with E-state index >= 15 is 0 Å². The third kappa shape index (κ3) is 2.91. The average Bonchev–Trinajstić information content (AvgIpc) is 3.55. The molecular weight excluding hydrogens is 497 g/mol. The first kappa shape index (κ1) is 22.8. The molecule has 0 saturated carbocycles. The van der Waals surface area contributed by atoms with Gasteiger partial charge in [0.15, 0.2) is 0 Å². The number of hydrogen-bond donors (Lipinski definition) is 0. The van der Waals surface area contributed by atoms with Crippen molar-refractivity contribution >= 4 is 96.7 Å². The Hall–Kier alpha value is -3.20. The molecule has 2 heteroatoms. The highest BCUT2D eigenvalue weighted by molar-refractivity contribution is 7.17. The minimum Gasteiger partial charge on any atom is -0.144 e. The Morgan fingerprint density at radius 1 is 0.395 bits per heavy atom. The molecule has 6 aromatic carbocycles. The van der Waals surface area contributed by atoms with Gasteiger partial charge in [-0.25, -0.2) is 0 Å². The molecule has 2 heterocycles. The lowest BCUT2D eigenvalue weighted by Crippen LogP contribution is -2.12. The van der Waals surface area contributed by atoms with Gasteiger partial charge in [0, 0.05) is 20.2 Å². The van der Waals surface area contributed by atoms with Crippen LogP contribution in [0.2, 0.25) is 0 Å². The van der Waals surface area contributed by atoms with Crippen molar-refractivity contribution in [3.63, 3.8) is 0 Å². The van der Waals surface area contributed by atoms with Crippen LogP contribution in [0.4, 0.5) is 0 Å². The third-order valence-corrected chi connectivity index (χ3v) is 10.4. The fourth-order valence-corrected chi connectivity index (χ4v) is 8.21. The van der Waals surface area contributed by atoms with Crippen molar-refractivity contribution in [3.8, 4) is 0 Å². The third-order valence-electron chi connectivity index (χ3n) is 8.65. The van der Waals surface area contributed by atoms with Gasteiger partial charge in [-0.05, 0) is 135 Å². The summed E-state index contributed by atoms with van der Waals surface area (Å²) in [7, 11) is 0. The van der Waals surface area contributed by atoms with Gasteiger partial charge < -0.3 is 0 Å². The van der Waals surface area contributed by atoms with Crippen LogP contribution < -0.4 is 0 Å². The molecule has 8 rings (SSSR count). The fraction of sp³-hybridized carbons (Fsp3) is 0.222. The van der Waals surface area contributed by atoms with E-state index in [1.165, 1.54) is 85.2 Å². The van der Waals surface area contributed by atoms with Crippen LogP contribution in [-0.4, -0.2) is 0 Å². The summed E-state index contributed by atoms with van der Waals surface area (Å²) >= 11 is 3.70. The van der Waals surface area contributed by atoms with E-state index in [1.54, 1.807) is 0 Å². The summed E-state index contributed by atoms with van der Waals surface area (Å²) in [6.07, 6.45) is 0. The molecule has 0 spiro atoms. The molecule has 0 saturated heterocycles. The molecule has 2 aromatic heterocycles. The lowest BCUT2D eigenvalue weighted by atomic mass is 9.77. The molecule has 0 atom stereocenters. The van der Waals surface area contributed by atoms with Gasteiger partial charge in [-0.2, -0.15) is 0 Å². The maximum Gasteiger partial charge on any atom is 0.0349 e. The lowest BCUT2D eigenvalue weighted by molar-refractivity contribution is 0.591. The molecule has 0 fully saturated rings. The van der Waals surface area contributed by atoms with Gasteiger partial charge in [0.05, 0.1) is 0 Å². The standard InChI is InChI=1S/C36H30S2/c1-35(2,3)19-15-25-21-7-9-29-23(11-13-37-29)31(21)27-17-20(36(4,5)6)18-28-32-22(26(16-19)33(25)34(27)28)8-10-30-24(32)12-14-38-30/h7-18H,1-6H3. The Kier molecular flexibility index (Phi) is 4.34. The number of rotatable bonds is 0. The van der Waals surface area contributed by atoms with Crippen LogP contribution in [0.5, 0.6) is 0 Å². The number of thiophene rings is 2. The Bertz CT molecular complexity index is 2100. The molecule has 0 bridgehead atoms. The van der Waals surface area contributed by atoms with E-state index in [9.17, 15) is 0 Å². The molecular formula is C36H30S2. The van der Waals surface area contributed by atoms with Crippen molar-refractivity contribution in [1.82, 2.24) is 0 Å². The second kappa shape index (κ2) is 7.25. The summed E-state index contributed by atoms with van der Waals surface area (Å²) in [5, 5.41) is 21.3. The summed E-state index contributed by atoms with van der Waals surface area (Å²) in [5.41, 5.74) is 2.91. The van der Waals surface area contributed by atoms with Crippen molar-refractivity contribution in [3.05, 3.63) is 82.6 Å². The SMILES string of the molecule is CC(C)(C)c1cc2c3ccc4sccc4c3c3cc(C(C)(C)C)cc4c5c6ccsc6ccc5c(c1)c2c34. The van der Waals surface area contributed by atoms with Crippen LogP contribution in [0.15, 0.2) is 71.4 Å². The first-order valence-electron chi connectivity index (χ1n) is 13.5. The average molecular weight is 527 g/mol. The van der Waals surface area contributed by atoms with Crippen LogP contribution in [0, 0.1) is 0 Å². The van der Waals surface area contributed by atoms with Gasteiger partial charge in [0.2, 0.25) is 0 Å². The van der Waals surface area contributed by atoms with Crippen LogP contribution in [-0.2, 0) is 10.8 Å². The Morgan fingerprint density at radius 2 is 0.789 bits per heavy atom. The highest BCUT2D eigenvalue weighted by Gasteiger charge is 2.25. The summed E-state index contributed by atoms with van der Waals surface area (Å²) < 4.78 is 2.73. The molecule has 0 aliphatic heterocycles. The quantitative estimate of drug-likeness (QED) is 0.136. The van der Waals surface area contributed by atoms with E-state index in [1.807, 2.05) is 22.7 Å². The number of benzene rings is 6. The maximum atomic E-state index is 2.51. The van der Waals surface area contributed by atoms with E-state index in [2.05, 4.69) is 113 Å². The minimum absolute atomic E-state index is 0.0492. The molecule has 0 radical (unpaired) electrons. The Labute approximate surface area is 230 Å². The van der Waals surface area contributed by atoms with Gasteiger partial charge in [-0.15, -0.1) is 22.7 Å². The number of hydrogen-bond acceptors (Lipinski definition) is 2. The molecule has 0 aliphatic rings. The van der Waals surface area contributed by atoms with E-state index in [4.69, 9.17) is 0 Å². The molecule has 0 unspecified atom stereocenters. The Balaban J connectivity index is 1.81. The highest BCUT2D eigenvalue weighted by atomic mass is 32.1. The molecule has 38 heavy (non-hydrogen) atoms. The summed E-state index contributed by atoms with van der Waals surface area (Å²) in [6, 6.07) is 24.1. The smallest absolute Gasteiger partial charge is 0.0349 e. The molecule has 186 valence electrons. The Morgan fingerprint density at radius 3 is 1.21 bits per heavy atom. The predicted molar refractivity (Wildman–Crippen MR) is 173 cm³/mol. The van der Waals surface area contributed by atoms with Crippen LogP contribution in [0.25, 0.3) is 74.0 Å². The van der Waals surface area contributed by atoms with Crippen LogP contribution >= 0.6 is 22.7 Å². The highest BCUT2D eigenvalue weighted by Crippen LogP contribution is 2.50. The van der Waals surface area contributed by atoms with E-state index in [-0.39, 0.29) is 10.8 Å². The topological polar surface area (TPSA) is 0 Å². The van der Waals surface area contributed by atoms with Crippen molar-refractivity contribution in [2.45, 2.75) is 52.4 Å². The van der Waals surface area contributed by atoms with E-state index in [0.717, 1.165) is 0 Å². The van der Waals surface area contributed by atoms with Crippen molar-refractivity contribution in [2.24, 2.45) is 0 Å². The van der Waals surface area contributed by atoms with Gasteiger partial charge in [-0.3, -0.25) is 0 Å². The lowest BCUT2D eigenvalue weighted by Gasteiger charge is -2.26. The second-order valence-electron chi connectivity index (χ2n) is 13.0. The van der Waals surface area contributed by atoms with E-state index < -0.39 is 0 Å². The molecule has 0 nitrogen and oxygen atoms in total. The second-order valence-corrected chi connectivity index (χ2v) is 14.9. The molecule has 0 aliphatic carbocycles. The predicted octanol–water partition coefficient (Wildman–Crippen LogP) is 11.9. The van der Waals surface area contributed by atoms with Gasteiger partial charge >= 0.3 is 0 Å². The summed E-state index contributed by atoms with van der Waals surface area (Å²) in [5.74, 6) is 0. The molecule has 0 amide bonds. The molecule has 0 N–H and O–H groups in total. The zero-order valence-corrected chi connectivity index (χ0v) is 24.4. The fourth-order valence-electron chi connectivity index (χ4n) is 6.63. The van der Waals surface area contributed by atoms with Gasteiger partial charge in [0.1, 0.15) is 0 Å².